The van der Waals surface area contributed by atoms with E-state index < -0.39 is 15.1 Å². The molecule has 1 atom stereocenters. The smallest absolute Gasteiger partial charge is 0.143 e. The third-order valence-electron chi connectivity index (χ3n) is 3.37. The fourth-order valence-electron chi connectivity index (χ4n) is 1.31. The van der Waals surface area contributed by atoms with Gasteiger partial charge in [0.25, 0.3) is 0 Å². The van der Waals surface area contributed by atoms with E-state index in [1.807, 2.05) is 41.5 Å². The van der Waals surface area contributed by atoms with Gasteiger partial charge in [-0.25, -0.2) is 5.25 Å². The summed E-state index contributed by atoms with van der Waals surface area (Å²) in [5, 5.41) is 5.35. The minimum absolute atomic E-state index is 0. The fraction of sp³-hybridized carbons (Fsp3) is 0.727. The molecule has 91 valence electrons. The summed E-state index contributed by atoms with van der Waals surface area (Å²) in [5.41, 5.74) is -0.790. The van der Waals surface area contributed by atoms with Gasteiger partial charge in [-0.1, -0.05) is 11.0 Å². The SMILES string of the molecule is C=S(=O)(C1=NOC(C)(C)C1(C)C)[C-](C)C.[Y]. The van der Waals surface area contributed by atoms with Crippen molar-refractivity contribution in [2.75, 3.05) is 0 Å². The van der Waals surface area contributed by atoms with Crippen LogP contribution in [0.2, 0.25) is 0 Å². The molecule has 5 heteroatoms. The van der Waals surface area contributed by atoms with Crippen LogP contribution in [0.4, 0.5) is 0 Å². The first-order valence-corrected chi connectivity index (χ1v) is 6.70. The first-order valence-electron chi connectivity index (χ1n) is 4.97. The van der Waals surface area contributed by atoms with Crippen molar-refractivity contribution in [1.82, 2.24) is 0 Å². The van der Waals surface area contributed by atoms with Crippen molar-refractivity contribution in [3.8, 4) is 0 Å². The molecule has 0 saturated carbocycles. The van der Waals surface area contributed by atoms with Crippen molar-refractivity contribution in [3.63, 3.8) is 0 Å². The summed E-state index contributed by atoms with van der Waals surface area (Å²) in [6.07, 6.45) is 0. The molecule has 0 fully saturated rings. The van der Waals surface area contributed by atoms with Crippen LogP contribution < -0.4 is 0 Å². The van der Waals surface area contributed by atoms with Gasteiger partial charge in [0, 0.05) is 32.7 Å². The van der Waals surface area contributed by atoms with Crippen LogP contribution in [0.25, 0.3) is 0 Å². The molecular weight excluding hydrogens is 299 g/mol. The van der Waals surface area contributed by atoms with Gasteiger partial charge in [0.05, 0.1) is 5.41 Å². The summed E-state index contributed by atoms with van der Waals surface area (Å²) in [6, 6.07) is 0. The van der Waals surface area contributed by atoms with Crippen molar-refractivity contribution < 1.29 is 41.8 Å². The van der Waals surface area contributed by atoms with Gasteiger partial charge in [0.2, 0.25) is 0 Å². The molecule has 0 aromatic rings. The van der Waals surface area contributed by atoms with E-state index in [-0.39, 0.29) is 38.1 Å². The summed E-state index contributed by atoms with van der Waals surface area (Å²) in [4.78, 5) is 5.36. The van der Waals surface area contributed by atoms with E-state index in [0.29, 0.717) is 5.04 Å². The van der Waals surface area contributed by atoms with Gasteiger partial charge < -0.3 is 4.84 Å². The molecule has 0 aromatic heterocycles. The van der Waals surface area contributed by atoms with E-state index in [9.17, 15) is 4.21 Å². The molecule has 3 nitrogen and oxygen atoms in total. The average molecular weight is 319 g/mol. The summed E-state index contributed by atoms with van der Waals surface area (Å²) < 4.78 is 12.4. The standard InChI is InChI=1S/C11H20NO2S.Y/c1-8(2)15(7,13)9-10(3,4)11(5,6)14-12-9;/h7H2,1-6H3;/q-1;. The zero-order valence-corrected chi connectivity index (χ0v) is 14.6. The molecule has 1 aliphatic rings. The van der Waals surface area contributed by atoms with Crippen LogP contribution in [-0.2, 0) is 47.1 Å². The van der Waals surface area contributed by atoms with E-state index in [0.717, 1.165) is 5.25 Å². The molecule has 0 saturated heterocycles. The maximum atomic E-state index is 12.4. The van der Waals surface area contributed by atoms with Gasteiger partial charge in [0.15, 0.2) is 0 Å². The molecule has 0 amide bonds. The molecule has 1 unspecified atom stereocenters. The van der Waals surface area contributed by atoms with E-state index in [4.69, 9.17) is 4.84 Å². The Hall–Kier alpha value is 0.594. The molecule has 0 N–H and O–H groups in total. The first kappa shape index (κ1) is 16.6. The van der Waals surface area contributed by atoms with Crippen LogP contribution in [0, 0.1) is 10.7 Å². The van der Waals surface area contributed by atoms with E-state index >= 15 is 0 Å². The number of hydrogen-bond acceptors (Lipinski definition) is 3. The van der Waals surface area contributed by atoms with Gasteiger partial charge in [0.1, 0.15) is 10.6 Å². The quantitative estimate of drug-likeness (QED) is 0.550. The normalized spacial score (nSPS) is 25.3. The fourth-order valence-corrected chi connectivity index (χ4v) is 2.92. The summed E-state index contributed by atoms with van der Waals surface area (Å²) in [7, 11) is -2.41. The third kappa shape index (κ3) is 2.39. The molecular formula is C11H20NO2SY-. The average Bonchev–Trinajstić information content (AvgIpc) is 2.22. The monoisotopic (exact) mass is 319 g/mol. The first-order chi connectivity index (χ1) is 6.53. The second-order valence-electron chi connectivity index (χ2n) is 5.21. The molecule has 0 bridgehead atoms. The van der Waals surface area contributed by atoms with Crippen LogP contribution in [-0.4, -0.2) is 20.7 Å². The van der Waals surface area contributed by atoms with Crippen molar-refractivity contribution in [1.29, 1.82) is 0 Å². The predicted molar refractivity (Wildman–Crippen MR) is 66.2 cm³/mol. The van der Waals surface area contributed by atoms with Crippen molar-refractivity contribution >= 4 is 20.4 Å². The van der Waals surface area contributed by atoms with Crippen molar-refractivity contribution in [3.05, 3.63) is 5.25 Å². The number of rotatable bonds is 1. The second kappa shape index (κ2) is 4.70. The third-order valence-corrected chi connectivity index (χ3v) is 5.90. The molecule has 0 aliphatic carbocycles. The zero-order valence-electron chi connectivity index (χ0n) is 11.0. The Morgan fingerprint density at radius 1 is 1.31 bits per heavy atom. The summed E-state index contributed by atoms with van der Waals surface area (Å²) in [6.45, 7) is 11.5. The largest absolute Gasteiger partial charge is 0.388 e. The summed E-state index contributed by atoms with van der Waals surface area (Å²) >= 11 is 0. The van der Waals surface area contributed by atoms with Crippen LogP contribution in [0.1, 0.15) is 41.5 Å². The topological polar surface area (TPSA) is 38.7 Å². The minimum atomic E-state index is -2.41. The number of hydrogen-bond donors (Lipinski definition) is 0. The Labute approximate surface area is 124 Å². The predicted octanol–water partition coefficient (Wildman–Crippen LogP) is 2.42. The Morgan fingerprint density at radius 3 is 2.00 bits per heavy atom. The summed E-state index contributed by atoms with van der Waals surface area (Å²) in [5.74, 6) is 3.79. The van der Waals surface area contributed by atoms with Gasteiger partial charge in [-0.05, 0) is 27.7 Å². The molecule has 1 heterocycles. The van der Waals surface area contributed by atoms with Gasteiger partial charge in [-0.2, -0.15) is 13.8 Å². The number of nitrogens with zero attached hydrogens (tertiary/aromatic N) is 1. The van der Waals surface area contributed by atoms with Gasteiger partial charge in [-0.3, -0.25) is 4.21 Å². The van der Waals surface area contributed by atoms with Gasteiger partial charge >= 0.3 is 0 Å². The van der Waals surface area contributed by atoms with Crippen LogP contribution in [0.3, 0.4) is 0 Å². The number of oxime groups is 1. The van der Waals surface area contributed by atoms with Crippen LogP contribution in [0.5, 0.6) is 0 Å². The molecule has 0 aromatic carbocycles. The molecule has 0 spiro atoms. The molecule has 1 radical (unpaired) electrons. The molecule has 16 heavy (non-hydrogen) atoms. The Balaban J connectivity index is 0.00000225. The second-order valence-corrected chi connectivity index (χ2v) is 7.76. The maximum absolute atomic E-state index is 12.4. The Kier molecular flexibility index (Phi) is 4.87. The van der Waals surface area contributed by atoms with Crippen LogP contribution in [0.15, 0.2) is 5.16 Å². The zero-order chi connectivity index (χ0) is 12.1. The van der Waals surface area contributed by atoms with Crippen molar-refractivity contribution in [2.24, 2.45) is 10.6 Å². The van der Waals surface area contributed by atoms with E-state index in [1.54, 1.807) is 0 Å². The van der Waals surface area contributed by atoms with Crippen LogP contribution >= 0.6 is 0 Å². The molecule has 1 rings (SSSR count). The van der Waals surface area contributed by atoms with E-state index in [1.165, 1.54) is 0 Å². The van der Waals surface area contributed by atoms with E-state index in [2.05, 4.69) is 11.0 Å². The maximum Gasteiger partial charge on any atom is 0.143 e. The minimum Gasteiger partial charge on any atom is -0.388 e. The molecule has 1 aliphatic heterocycles. The van der Waals surface area contributed by atoms with Crippen molar-refractivity contribution in [2.45, 2.75) is 47.1 Å². The van der Waals surface area contributed by atoms with Gasteiger partial charge in [-0.15, -0.1) is 9.52 Å². The Morgan fingerprint density at radius 2 is 1.75 bits per heavy atom. The Bertz CT molecular complexity index is 394.